The van der Waals surface area contributed by atoms with E-state index < -0.39 is 0 Å². The van der Waals surface area contributed by atoms with Crippen molar-refractivity contribution in [1.82, 2.24) is 5.32 Å². The third-order valence-electron chi connectivity index (χ3n) is 9.35. The van der Waals surface area contributed by atoms with Crippen LogP contribution in [0.2, 0.25) is 6.82 Å². The summed E-state index contributed by atoms with van der Waals surface area (Å²) in [5, 5.41) is 3.51. The van der Waals surface area contributed by atoms with Gasteiger partial charge in [-0.05, 0) is 105 Å². The smallest absolute Gasteiger partial charge is 0.221 e. The minimum absolute atomic E-state index is 0.149. The summed E-state index contributed by atoms with van der Waals surface area (Å²) in [7, 11) is 0.750. The molecule has 2 aromatic rings. The van der Waals surface area contributed by atoms with Gasteiger partial charge in [0.25, 0.3) is 0 Å². The van der Waals surface area contributed by atoms with Crippen LogP contribution in [0.15, 0.2) is 36.4 Å². The normalized spacial score (nSPS) is 20.7. The van der Waals surface area contributed by atoms with Gasteiger partial charge in [-0.3, -0.25) is 9.59 Å². The fraction of sp³-hybridized carbons (Fsp3) is 0.588. The number of rotatable bonds is 8. The number of primary amides is 1. The van der Waals surface area contributed by atoms with Crippen LogP contribution in [-0.2, 0) is 20.7 Å². The molecule has 6 rings (SSSR count). The second-order valence-electron chi connectivity index (χ2n) is 12.3. The molecular weight excluding hydrogens is 530 g/mol. The molecule has 4 fully saturated rings. The van der Waals surface area contributed by atoms with Crippen LogP contribution in [-0.4, -0.2) is 37.0 Å². The molecule has 3 N–H and O–H groups in total. The number of benzene rings is 2. The molecule has 42 heavy (non-hydrogen) atoms. The Labute approximate surface area is 250 Å². The van der Waals surface area contributed by atoms with E-state index in [1.165, 1.54) is 38.9 Å². The van der Waals surface area contributed by atoms with Crippen LogP contribution in [0.1, 0.15) is 101 Å². The van der Waals surface area contributed by atoms with Crippen LogP contribution < -0.4 is 15.8 Å². The van der Waals surface area contributed by atoms with Gasteiger partial charge < -0.3 is 15.8 Å². The monoisotopic (exact) mass is 576 g/mol. The first-order valence-electron chi connectivity index (χ1n) is 15.8. The molecule has 3 saturated carbocycles. The Morgan fingerprint density at radius 1 is 1.05 bits per heavy atom. The number of ketones is 1. The number of nitrogens with two attached hydrogens (primary N) is 1. The van der Waals surface area contributed by atoms with E-state index >= 15 is 0 Å². The molecule has 8 heteroatoms. The summed E-state index contributed by atoms with van der Waals surface area (Å²) in [6, 6.07) is 11.0. The maximum atomic E-state index is 14.7. The summed E-state index contributed by atoms with van der Waals surface area (Å²) < 4.78 is 29.9. The molecule has 1 heterocycles. The molecule has 226 valence electrons. The average molecular weight is 577 g/mol. The number of nitrogens with one attached hydrogen (secondary N) is 1. The second-order valence-corrected chi connectivity index (χ2v) is 12.3. The van der Waals surface area contributed by atoms with Crippen LogP contribution in [0, 0.1) is 11.7 Å². The Bertz CT molecular complexity index is 1240. The zero-order chi connectivity index (χ0) is 30.1. The largest absolute Gasteiger partial charge is 0.490 e. The van der Waals surface area contributed by atoms with E-state index in [1.807, 2.05) is 31.2 Å². The van der Waals surface area contributed by atoms with Crippen molar-refractivity contribution in [3.8, 4) is 16.9 Å². The predicted octanol–water partition coefficient (Wildman–Crippen LogP) is 6.69. The van der Waals surface area contributed by atoms with Gasteiger partial charge in [0.05, 0.1) is 12.5 Å². The molecule has 1 saturated heterocycles. The van der Waals surface area contributed by atoms with Gasteiger partial charge >= 0.3 is 18.7 Å². The molecule has 1 unspecified atom stereocenters. The van der Waals surface area contributed by atoms with Gasteiger partial charge in [0.15, 0.2) is 0 Å². The molecular formula is C34H46BFN2O4. The molecule has 1 amide bonds. The molecule has 1 aliphatic heterocycles. The number of ether oxygens (including phenoxy) is 1. The Hall–Kier alpha value is -2.87. The van der Waals surface area contributed by atoms with E-state index in [0.29, 0.717) is 23.7 Å². The van der Waals surface area contributed by atoms with Crippen LogP contribution in [0.4, 0.5) is 4.39 Å². The van der Waals surface area contributed by atoms with E-state index in [-0.39, 0.29) is 30.2 Å². The van der Waals surface area contributed by atoms with E-state index in [9.17, 15) is 14.0 Å². The number of carbonyl (C=O) groups excluding carboxylic acids is 2. The van der Waals surface area contributed by atoms with Crippen molar-refractivity contribution in [2.24, 2.45) is 11.7 Å². The van der Waals surface area contributed by atoms with Gasteiger partial charge in [-0.2, -0.15) is 0 Å². The number of Topliss-reactive ketones (excluding diaryl/α,β-unsaturated/α-hetero) is 1. The number of amides is 1. The molecule has 3 aliphatic carbocycles. The van der Waals surface area contributed by atoms with Gasteiger partial charge in [-0.1, -0.05) is 31.5 Å². The van der Waals surface area contributed by atoms with Crippen molar-refractivity contribution >= 4 is 18.8 Å². The van der Waals surface area contributed by atoms with Crippen LogP contribution in [0.5, 0.6) is 5.75 Å². The Morgan fingerprint density at radius 2 is 1.76 bits per heavy atom. The molecule has 1 spiro atoms. The molecule has 0 aromatic heterocycles. The SMILES string of the molecule is CB=O.CCC(=O)C1CNC2(CCC2)C1.NC(=O)Cc1ccc(OC2CCCC2)c(-c2cccc(F)c2C2CCC2)c1. The quantitative estimate of drug-likeness (QED) is 0.341. The molecule has 2 aromatic carbocycles. The number of carbonyl (C=O) groups is 2. The fourth-order valence-corrected chi connectivity index (χ4v) is 6.73. The average Bonchev–Trinajstić information content (AvgIpc) is 3.61. The van der Waals surface area contributed by atoms with Crippen molar-refractivity contribution in [2.75, 3.05) is 6.54 Å². The van der Waals surface area contributed by atoms with E-state index in [1.54, 1.807) is 12.1 Å². The summed E-state index contributed by atoms with van der Waals surface area (Å²) >= 11 is 0. The molecule has 6 nitrogen and oxygen atoms in total. The minimum atomic E-state index is -0.371. The molecule has 0 bridgehead atoms. The predicted molar refractivity (Wildman–Crippen MR) is 165 cm³/mol. The zero-order valence-electron chi connectivity index (χ0n) is 25.3. The Balaban J connectivity index is 0.000000224. The number of hydrogen-bond acceptors (Lipinski definition) is 5. The zero-order valence-corrected chi connectivity index (χ0v) is 25.3. The first-order chi connectivity index (χ1) is 20.3. The van der Waals surface area contributed by atoms with Crippen molar-refractivity contribution in [3.63, 3.8) is 0 Å². The van der Waals surface area contributed by atoms with Gasteiger partial charge in [0.1, 0.15) is 17.3 Å². The summed E-state index contributed by atoms with van der Waals surface area (Å²) in [5.74, 6) is 1.30. The third kappa shape index (κ3) is 7.94. The summed E-state index contributed by atoms with van der Waals surface area (Å²) in [4.78, 5) is 22.8. The van der Waals surface area contributed by atoms with Gasteiger partial charge in [-0.25, -0.2) is 4.39 Å². The Morgan fingerprint density at radius 3 is 2.31 bits per heavy atom. The van der Waals surface area contributed by atoms with Crippen molar-refractivity contribution in [1.29, 1.82) is 0 Å². The second kappa shape index (κ2) is 15.0. The van der Waals surface area contributed by atoms with Gasteiger partial charge in [0.2, 0.25) is 5.91 Å². The van der Waals surface area contributed by atoms with Crippen molar-refractivity contribution in [3.05, 3.63) is 53.3 Å². The van der Waals surface area contributed by atoms with Gasteiger partial charge in [0, 0.05) is 30.0 Å². The topological polar surface area (TPSA) is 98.5 Å². The maximum Gasteiger partial charge on any atom is 0.221 e. The van der Waals surface area contributed by atoms with Gasteiger partial charge in [-0.15, -0.1) is 0 Å². The first-order valence-corrected chi connectivity index (χ1v) is 15.8. The van der Waals surface area contributed by atoms with Crippen LogP contribution in [0.25, 0.3) is 11.1 Å². The Kier molecular flexibility index (Phi) is 11.5. The third-order valence-corrected chi connectivity index (χ3v) is 9.35. The maximum absolute atomic E-state index is 14.7. The number of halogens is 1. The van der Waals surface area contributed by atoms with Crippen molar-refractivity contribution in [2.45, 2.75) is 115 Å². The molecule has 1 atom stereocenters. The first kappa shape index (κ1) is 32.1. The van der Waals surface area contributed by atoms with Crippen molar-refractivity contribution < 1.29 is 23.4 Å². The summed E-state index contributed by atoms with van der Waals surface area (Å²) in [6.07, 6.45) is 13.8. The van der Waals surface area contributed by atoms with Crippen LogP contribution >= 0.6 is 0 Å². The van der Waals surface area contributed by atoms with E-state index in [0.717, 1.165) is 80.2 Å². The molecule has 0 radical (unpaired) electrons. The van der Waals surface area contributed by atoms with Crippen LogP contribution in [0.3, 0.4) is 0 Å². The van der Waals surface area contributed by atoms with E-state index in [2.05, 4.69) is 5.32 Å². The summed E-state index contributed by atoms with van der Waals surface area (Å²) in [6.45, 7) is 4.35. The minimum Gasteiger partial charge on any atom is -0.490 e. The van der Waals surface area contributed by atoms with E-state index in [4.69, 9.17) is 15.2 Å². The fourth-order valence-electron chi connectivity index (χ4n) is 6.73. The standard InChI is InChI=1S/C23H26FNO2.C10H17NO.CH3BO/c24-20-10-4-9-18(23(20)16-5-3-6-16)19-13-15(14-22(25)26)11-12-21(19)27-17-7-1-2-8-17;1-2-9(12)8-6-10(11-7-8)4-3-5-10;1-2-3/h4,9-13,16-17H,1-3,5-8,14H2,(H2,25,26);8,11H,2-7H2,1H3;1H3. The molecule has 4 aliphatic rings. The summed E-state index contributed by atoms with van der Waals surface area (Å²) in [5.41, 5.74) is 9.17. The number of hydrogen-bond donors (Lipinski definition) is 2.